The number of rotatable bonds is 5. The third kappa shape index (κ3) is 9.74. The van der Waals surface area contributed by atoms with Crippen LogP contribution in [-0.2, 0) is 20.2 Å². The minimum Gasteiger partial charge on any atom is -1.00 e. The zero-order valence-electron chi connectivity index (χ0n) is 10.8. The summed E-state index contributed by atoms with van der Waals surface area (Å²) >= 11 is 0. The Kier molecular flexibility index (Phi) is 12.5. The van der Waals surface area contributed by atoms with Gasteiger partial charge in [-0.2, -0.15) is 16.8 Å². The molecule has 2 atom stereocenters. The maximum atomic E-state index is 10.2. The van der Waals surface area contributed by atoms with Crippen LogP contribution >= 0.6 is 0 Å². The fraction of sp³-hybridized carbons (Fsp3) is 1.00. The van der Waals surface area contributed by atoms with E-state index < -0.39 is 43.9 Å². The minimum atomic E-state index is -4.68. The molecule has 0 fully saturated rings. The summed E-state index contributed by atoms with van der Waals surface area (Å²) in [6.45, 7) is 0. The molecule has 0 heterocycles. The monoisotopic (exact) mass is 298 g/mol. The van der Waals surface area contributed by atoms with Gasteiger partial charge in [-0.1, -0.05) is 0 Å². The Morgan fingerprint density at radius 3 is 1.12 bits per heavy atom. The maximum absolute atomic E-state index is 10.2. The topological polar surface area (TPSA) is 149 Å². The van der Waals surface area contributed by atoms with Crippen LogP contribution in [-0.4, -0.2) is 47.0 Å². The smallest absolute Gasteiger partial charge is 1.00 e. The number of hydrogen-bond donors (Lipinski definition) is 4. The van der Waals surface area contributed by atoms with Crippen LogP contribution in [0.4, 0.5) is 0 Å². The van der Waals surface area contributed by atoms with E-state index in [2.05, 4.69) is 0 Å². The van der Waals surface area contributed by atoms with Crippen LogP contribution in [0.5, 0.6) is 0 Å². The molecule has 16 heavy (non-hydrogen) atoms. The molecular weight excluding hydrogens is 286 g/mol. The minimum absolute atomic E-state index is 0. The Bertz CT molecular complexity index is 346. The van der Waals surface area contributed by atoms with Gasteiger partial charge in [0, 0.05) is 0 Å². The summed E-state index contributed by atoms with van der Waals surface area (Å²) in [5.41, 5.74) is -4.36. The predicted octanol–water partition coefficient (Wildman–Crippen LogP) is -7.59. The fourth-order valence-corrected chi connectivity index (χ4v) is 1.45. The summed E-state index contributed by atoms with van der Waals surface area (Å²) in [5.74, 6) is 0. The Morgan fingerprint density at radius 1 is 0.812 bits per heavy atom. The summed E-state index contributed by atoms with van der Waals surface area (Å²) < 4.78 is 57.3. The Morgan fingerprint density at radius 2 is 1.00 bits per heavy atom. The summed E-state index contributed by atoms with van der Waals surface area (Å²) in [5, 5.41) is 17.3. The molecule has 8 nitrogen and oxygen atoms in total. The van der Waals surface area contributed by atoms with Crippen LogP contribution in [0.2, 0.25) is 0 Å². The van der Waals surface area contributed by atoms with Gasteiger partial charge in [-0.3, -0.25) is 9.11 Å². The van der Waals surface area contributed by atoms with Gasteiger partial charge in [0.2, 0.25) is 0 Å². The molecule has 0 amide bonds. The summed E-state index contributed by atoms with van der Waals surface area (Å²) in [6, 6.07) is 0. The van der Waals surface area contributed by atoms with E-state index in [-0.39, 0.29) is 62.0 Å². The molecule has 4 N–H and O–H groups in total. The number of aliphatic hydroxyl groups is 2. The second kappa shape index (κ2) is 8.77. The van der Waals surface area contributed by atoms with E-state index in [4.69, 9.17) is 19.3 Å². The van der Waals surface area contributed by atoms with E-state index >= 15 is 0 Å². The molecule has 0 aliphatic rings. The molecule has 0 aromatic rings. The normalized spacial score (nSPS) is 15.5. The Labute approximate surface area is 140 Å². The van der Waals surface area contributed by atoms with E-state index in [0.29, 0.717) is 0 Å². The zero-order valence-corrected chi connectivity index (χ0v) is 14.4. The molecule has 2 unspecified atom stereocenters. The van der Waals surface area contributed by atoms with Crippen molar-refractivity contribution < 1.29 is 98.1 Å². The molecule has 0 aliphatic carbocycles. The molecule has 0 bridgehead atoms. The van der Waals surface area contributed by atoms with E-state index in [1.807, 2.05) is 0 Å². The van der Waals surface area contributed by atoms with Gasteiger partial charge < -0.3 is 13.1 Å². The third-order valence-corrected chi connectivity index (χ3v) is 3.19. The summed E-state index contributed by atoms with van der Waals surface area (Å²) in [4.78, 5) is 0. The van der Waals surface area contributed by atoms with E-state index in [1.165, 1.54) is 0 Å². The van der Waals surface area contributed by atoms with Crippen molar-refractivity contribution in [2.24, 2.45) is 0 Å². The molecule has 0 saturated carbocycles. The molecule has 0 spiro atoms. The summed E-state index contributed by atoms with van der Waals surface area (Å²) in [6.07, 6.45) is -1.42. The molecule has 0 aliphatic heterocycles. The standard InChI is InChI=1S/C4H10O8S2.2Na.2H/c5-3(13(7,8)9)1-2-4(6)14(10,11)12;;;;/h3-6H,1-2H2,(H,7,8,9)(H,10,11,12);;;;/q;2*+1;2*-1. The molecule has 0 rings (SSSR count). The van der Waals surface area contributed by atoms with Crippen molar-refractivity contribution in [3.05, 3.63) is 0 Å². The molecular formula is C4H12Na2O8S2. The van der Waals surface area contributed by atoms with Crippen molar-refractivity contribution in [1.29, 1.82) is 0 Å². The van der Waals surface area contributed by atoms with E-state index in [9.17, 15) is 16.8 Å². The molecule has 0 aromatic carbocycles. The molecule has 0 saturated heterocycles. The largest absolute Gasteiger partial charge is 1.00 e. The van der Waals surface area contributed by atoms with Crippen LogP contribution < -0.4 is 59.1 Å². The van der Waals surface area contributed by atoms with Gasteiger partial charge in [0.05, 0.1) is 0 Å². The van der Waals surface area contributed by atoms with Crippen molar-refractivity contribution in [1.82, 2.24) is 0 Å². The Balaban J connectivity index is -0.000000141. The van der Waals surface area contributed by atoms with Gasteiger partial charge >= 0.3 is 59.1 Å². The first kappa shape index (κ1) is 22.9. The van der Waals surface area contributed by atoms with Crippen LogP contribution in [0.15, 0.2) is 0 Å². The first-order valence-electron chi connectivity index (χ1n) is 3.34. The fourth-order valence-electron chi connectivity index (χ4n) is 0.583. The van der Waals surface area contributed by atoms with Gasteiger partial charge in [-0.15, -0.1) is 0 Å². The number of aliphatic hydroxyl groups excluding tert-OH is 2. The zero-order chi connectivity index (χ0) is 11.6. The van der Waals surface area contributed by atoms with Crippen molar-refractivity contribution in [2.75, 3.05) is 0 Å². The first-order valence-corrected chi connectivity index (χ1v) is 6.34. The van der Waals surface area contributed by atoms with E-state index in [0.717, 1.165) is 0 Å². The molecule has 12 heteroatoms. The van der Waals surface area contributed by atoms with Gasteiger partial charge in [-0.25, -0.2) is 0 Å². The van der Waals surface area contributed by atoms with Gasteiger partial charge in [0.1, 0.15) is 0 Å². The average Bonchev–Trinajstić information content (AvgIpc) is 1.95. The molecule has 0 radical (unpaired) electrons. The third-order valence-electron chi connectivity index (χ3n) is 1.35. The van der Waals surface area contributed by atoms with Crippen LogP contribution in [0.25, 0.3) is 0 Å². The second-order valence-electron chi connectivity index (χ2n) is 2.52. The van der Waals surface area contributed by atoms with Crippen LogP contribution in [0.1, 0.15) is 15.7 Å². The Hall–Kier alpha value is 1.74. The maximum Gasteiger partial charge on any atom is 1.00 e. The summed E-state index contributed by atoms with van der Waals surface area (Å²) in [7, 11) is -9.35. The SMILES string of the molecule is O=S(=O)(O)C(O)CCC(O)S(=O)(=O)O.[H-].[H-].[Na+].[Na+]. The second-order valence-corrected chi connectivity index (χ2v) is 5.66. The average molecular weight is 298 g/mol. The van der Waals surface area contributed by atoms with Crippen molar-refractivity contribution in [3.63, 3.8) is 0 Å². The quantitative estimate of drug-likeness (QED) is 0.289. The van der Waals surface area contributed by atoms with Gasteiger partial charge in [-0.05, 0) is 12.8 Å². The van der Waals surface area contributed by atoms with Crippen LogP contribution in [0.3, 0.4) is 0 Å². The molecule has 90 valence electrons. The van der Waals surface area contributed by atoms with Gasteiger partial charge in [0.15, 0.2) is 10.9 Å². The van der Waals surface area contributed by atoms with E-state index in [1.54, 1.807) is 0 Å². The van der Waals surface area contributed by atoms with Crippen molar-refractivity contribution in [3.8, 4) is 0 Å². The van der Waals surface area contributed by atoms with Crippen molar-refractivity contribution >= 4 is 20.2 Å². The molecule has 0 aromatic heterocycles. The number of hydrogen-bond acceptors (Lipinski definition) is 6. The van der Waals surface area contributed by atoms with Gasteiger partial charge in [0.25, 0.3) is 20.2 Å². The van der Waals surface area contributed by atoms with Crippen molar-refractivity contribution in [2.45, 2.75) is 23.7 Å². The predicted molar refractivity (Wildman–Crippen MR) is 46.6 cm³/mol. The van der Waals surface area contributed by atoms with Crippen LogP contribution in [0, 0.1) is 0 Å². The first-order chi connectivity index (χ1) is 6.05.